The number of carbonyl (C=O) groups is 2. The molecule has 0 saturated heterocycles. The second kappa shape index (κ2) is 10.2. The third-order valence-corrected chi connectivity index (χ3v) is 5.83. The summed E-state index contributed by atoms with van der Waals surface area (Å²) in [5.41, 5.74) is 0.102. The highest BCUT2D eigenvalue weighted by Gasteiger charge is 2.20. The highest BCUT2D eigenvalue weighted by molar-refractivity contribution is 6.47. The summed E-state index contributed by atoms with van der Waals surface area (Å²) in [7, 11) is 0. The number of carbonyl (C=O) groups excluding carboxylic acids is 2. The van der Waals surface area contributed by atoms with E-state index in [1.165, 1.54) is 24.3 Å². The van der Waals surface area contributed by atoms with E-state index in [0.29, 0.717) is 5.02 Å². The topological polar surface area (TPSA) is 67.4 Å². The van der Waals surface area contributed by atoms with E-state index in [4.69, 9.17) is 74.3 Å². The summed E-state index contributed by atoms with van der Waals surface area (Å²) in [5.74, 6) is -0.346. The fourth-order valence-corrected chi connectivity index (χ4v) is 3.79. The summed E-state index contributed by atoms with van der Waals surface area (Å²) < 4.78 is 5.66. The van der Waals surface area contributed by atoms with Crippen LogP contribution < -0.4 is 15.4 Å². The van der Waals surface area contributed by atoms with Gasteiger partial charge in [-0.3, -0.25) is 10.1 Å². The molecule has 3 amide bonds. The molecule has 11 heteroatoms. The molecule has 0 aliphatic heterocycles. The molecule has 0 unspecified atom stereocenters. The van der Waals surface area contributed by atoms with Crippen LogP contribution in [0.15, 0.2) is 48.5 Å². The lowest BCUT2D eigenvalue weighted by molar-refractivity contribution is 0.0967. The minimum atomic E-state index is -0.890. The summed E-state index contributed by atoms with van der Waals surface area (Å²) in [4.78, 5) is 24.5. The van der Waals surface area contributed by atoms with Crippen molar-refractivity contribution in [2.24, 2.45) is 0 Å². The largest absolute Gasteiger partial charge is 0.454 e. The molecule has 0 radical (unpaired) electrons. The molecule has 5 nitrogen and oxygen atoms in total. The molecule has 0 atom stereocenters. The van der Waals surface area contributed by atoms with Gasteiger partial charge in [0.2, 0.25) is 0 Å². The number of hydrogen-bond donors (Lipinski definition) is 2. The minimum absolute atomic E-state index is 0.00910. The van der Waals surface area contributed by atoms with Gasteiger partial charge >= 0.3 is 6.03 Å². The van der Waals surface area contributed by atoms with Crippen LogP contribution in [-0.4, -0.2) is 11.9 Å². The van der Waals surface area contributed by atoms with Gasteiger partial charge in [-0.2, -0.15) is 0 Å². The molecular weight excluding hydrogens is 529 g/mol. The lowest BCUT2D eigenvalue weighted by atomic mass is 10.2. The Hall–Kier alpha value is -1.86. The van der Waals surface area contributed by atoms with Gasteiger partial charge in [0.05, 0.1) is 31.3 Å². The van der Waals surface area contributed by atoms with E-state index >= 15 is 0 Å². The van der Waals surface area contributed by atoms with Crippen molar-refractivity contribution in [3.63, 3.8) is 0 Å². The molecule has 0 bridgehead atoms. The van der Waals surface area contributed by atoms with E-state index in [9.17, 15) is 9.59 Å². The summed E-state index contributed by atoms with van der Waals surface area (Å²) >= 11 is 36.7. The van der Waals surface area contributed by atoms with Crippen molar-refractivity contribution >= 4 is 87.2 Å². The number of nitrogens with one attached hydrogen (secondary N) is 2. The molecule has 160 valence electrons. The van der Waals surface area contributed by atoms with Crippen LogP contribution in [-0.2, 0) is 0 Å². The minimum Gasteiger partial charge on any atom is -0.454 e. The highest BCUT2D eigenvalue weighted by atomic mass is 35.5. The first-order valence-electron chi connectivity index (χ1n) is 8.34. The molecule has 3 aromatic rings. The Morgan fingerprint density at radius 2 is 1.45 bits per heavy atom. The highest BCUT2D eigenvalue weighted by Crippen LogP contribution is 2.45. The van der Waals surface area contributed by atoms with Crippen molar-refractivity contribution in [3.8, 4) is 11.5 Å². The van der Waals surface area contributed by atoms with Crippen LogP contribution in [0.5, 0.6) is 11.5 Å². The van der Waals surface area contributed by atoms with Gasteiger partial charge < -0.3 is 10.1 Å². The van der Waals surface area contributed by atoms with Crippen LogP contribution in [0.2, 0.25) is 30.1 Å². The Kier molecular flexibility index (Phi) is 7.81. The predicted molar refractivity (Wildman–Crippen MR) is 126 cm³/mol. The summed E-state index contributed by atoms with van der Waals surface area (Å²) in [6.07, 6.45) is 0. The number of hydrogen-bond acceptors (Lipinski definition) is 3. The molecule has 0 spiro atoms. The van der Waals surface area contributed by atoms with Crippen LogP contribution in [0, 0.1) is 0 Å². The van der Waals surface area contributed by atoms with Gasteiger partial charge in [0.25, 0.3) is 5.91 Å². The Balaban J connectivity index is 1.79. The van der Waals surface area contributed by atoms with Crippen LogP contribution in [0.4, 0.5) is 10.5 Å². The van der Waals surface area contributed by atoms with Gasteiger partial charge in [0, 0.05) is 11.1 Å². The maximum atomic E-state index is 12.3. The van der Waals surface area contributed by atoms with Crippen LogP contribution in [0.3, 0.4) is 0 Å². The number of imide groups is 1. The zero-order valence-corrected chi connectivity index (χ0v) is 19.6. The summed E-state index contributed by atoms with van der Waals surface area (Å²) in [6, 6.07) is 11.3. The zero-order valence-electron chi connectivity index (χ0n) is 15.1. The molecule has 0 aliphatic carbocycles. The van der Waals surface area contributed by atoms with E-state index in [1.807, 2.05) is 0 Å². The van der Waals surface area contributed by atoms with Crippen molar-refractivity contribution in [1.29, 1.82) is 0 Å². The van der Waals surface area contributed by atoms with Crippen molar-refractivity contribution < 1.29 is 14.3 Å². The molecular formula is C20H10Cl6N2O3. The van der Waals surface area contributed by atoms with E-state index in [1.54, 1.807) is 24.3 Å². The summed E-state index contributed by atoms with van der Waals surface area (Å²) in [5, 5.41) is 5.25. The van der Waals surface area contributed by atoms with Gasteiger partial charge in [0.15, 0.2) is 0 Å². The first kappa shape index (κ1) is 23.8. The smallest absolute Gasteiger partial charge is 0.326 e. The van der Waals surface area contributed by atoms with Crippen LogP contribution >= 0.6 is 69.6 Å². The number of ether oxygens (including phenoxy) is 1. The van der Waals surface area contributed by atoms with Gasteiger partial charge in [-0.15, -0.1) is 0 Å². The zero-order chi connectivity index (χ0) is 22.7. The predicted octanol–water partition coefficient (Wildman–Crippen LogP) is 8.36. The third-order valence-electron chi connectivity index (χ3n) is 3.82. The lowest BCUT2D eigenvalue weighted by Gasteiger charge is -2.15. The van der Waals surface area contributed by atoms with Gasteiger partial charge in [-0.05, 0) is 30.3 Å². The molecule has 0 saturated carbocycles. The monoisotopic (exact) mass is 536 g/mol. The quantitative estimate of drug-likeness (QED) is 0.328. The first-order valence-corrected chi connectivity index (χ1v) is 10.6. The Morgan fingerprint density at radius 1 is 0.742 bits per heavy atom. The molecule has 2 N–H and O–H groups in total. The van der Waals surface area contributed by atoms with Crippen LogP contribution in [0.25, 0.3) is 0 Å². The standard InChI is InChI=1S/C20H10Cl6N2O3/c21-9-5-6-14(12(23)7-9)31-15-8-13(24)18(17(26)16(15)25)27-20(30)28-19(29)10-3-1-2-4-11(10)22/h1-8H,(H2,27,28,29,30). The Labute approximate surface area is 207 Å². The first-order chi connectivity index (χ1) is 14.7. The van der Waals surface area contributed by atoms with E-state index in [-0.39, 0.29) is 47.9 Å². The van der Waals surface area contributed by atoms with Crippen molar-refractivity contribution in [2.45, 2.75) is 0 Å². The fraction of sp³-hybridized carbons (Fsp3) is 0. The fourth-order valence-electron chi connectivity index (χ4n) is 2.40. The molecule has 3 rings (SSSR count). The third kappa shape index (κ3) is 5.69. The van der Waals surface area contributed by atoms with E-state index < -0.39 is 11.9 Å². The number of amides is 3. The number of rotatable bonds is 4. The Morgan fingerprint density at radius 3 is 2.13 bits per heavy atom. The Bertz CT molecular complexity index is 1190. The van der Waals surface area contributed by atoms with Crippen molar-refractivity contribution in [1.82, 2.24) is 5.32 Å². The molecule has 0 heterocycles. The number of benzene rings is 3. The van der Waals surface area contributed by atoms with E-state index in [2.05, 4.69) is 10.6 Å². The van der Waals surface area contributed by atoms with Gasteiger partial charge in [-0.1, -0.05) is 81.7 Å². The molecule has 0 aliphatic rings. The average Bonchev–Trinajstić information content (AvgIpc) is 2.71. The molecule has 0 fully saturated rings. The SMILES string of the molecule is O=C(NC(=O)c1ccccc1Cl)Nc1c(Cl)cc(Oc2ccc(Cl)cc2Cl)c(Cl)c1Cl. The normalized spacial score (nSPS) is 10.5. The number of anilines is 1. The van der Waals surface area contributed by atoms with E-state index in [0.717, 1.165) is 0 Å². The van der Waals surface area contributed by atoms with Gasteiger partial charge in [-0.25, -0.2) is 4.79 Å². The lowest BCUT2D eigenvalue weighted by Crippen LogP contribution is -2.34. The molecule has 3 aromatic carbocycles. The number of halogens is 6. The maximum Gasteiger partial charge on any atom is 0.326 e. The second-order valence-electron chi connectivity index (χ2n) is 5.92. The van der Waals surface area contributed by atoms with Crippen molar-refractivity contribution in [3.05, 3.63) is 84.2 Å². The molecule has 0 aromatic heterocycles. The molecule has 31 heavy (non-hydrogen) atoms. The van der Waals surface area contributed by atoms with Gasteiger partial charge in [0.1, 0.15) is 16.5 Å². The maximum absolute atomic E-state index is 12.3. The summed E-state index contributed by atoms with van der Waals surface area (Å²) in [6.45, 7) is 0. The second-order valence-corrected chi connectivity index (χ2v) is 8.34. The van der Waals surface area contributed by atoms with Crippen LogP contribution in [0.1, 0.15) is 10.4 Å². The average molecular weight is 539 g/mol. The van der Waals surface area contributed by atoms with Crippen molar-refractivity contribution in [2.75, 3.05) is 5.32 Å². The number of urea groups is 1.